The van der Waals surface area contributed by atoms with Crippen molar-refractivity contribution in [2.24, 2.45) is 5.73 Å². The second kappa shape index (κ2) is 20.2. The molecule has 47 heavy (non-hydrogen) atoms. The lowest BCUT2D eigenvalue weighted by Crippen LogP contribution is -2.49. The minimum atomic E-state index is -1.16. The number of hydrogen-bond acceptors (Lipinski definition) is 9. The van der Waals surface area contributed by atoms with E-state index in [-0.39, 0.29) is 69.8 Å². The molecule has 0 aromatic heterocycles. The summed E-state index contributed by atoms with van der Waals surface area (Å²) in [5, 5.41) is 5.37. The number of ether oxygens (including phenoxy) is 3. The molecule has 0 aliphatic rings. The average molecular weight is 646 g/mol. The van der Waals surface area contributed by atoms with E-state index in [1.165, 1.54) is 0 Å². The van der Waals surface area contributed by atoms with E-state index in [0.717, 1.165) is 16.7 Å². The average Bonchev–Trinajstić information content (AvgIpc) is 3.09. The summed E-state index contributed by atoms with van der Waals surface area (Å²) in [4.78, 5) is 62.8. The fourth-order valence-electron chi connectivity index (χ4n) is 4.41. The third-order valence-electron chi connectivity index (χ3n) is 7.16. The molecule has 3 aromatic rings. The Kier molecular flexibility index (Phi) is 15.6. The number of rotatable bonds is 19. The van der Waals surface area contributed by atoms with Gasteiger partial charge in [0, 0.05) is 25.3 Å². The molecule has 3 unspecified atom stereocenters. The lowest BCUT2D eigenvalue weighted by Gasteiger charge is -2.20. The molecule has 0 saturated carbocycles. The van der Waals surface area contributed by atoms with E-state index in [1.807, 2.05) is 78.9 Å². The lowest BCUT2D eigenvalue weighted by atomic mass is 10.1. The topological polar surface area (TPSA) is 163 Å². The summed E-state index contributed by atoms with van der Waals surface area (Å²) < 4.78 is 16.0. The van der Waals surface area contributed by atoms with Gasteiger partial charge in [-0.3, -0.25) is 19.2 Å². The van der Waals surface area contributed by atoms with Crippen molar-refractivity contribution in [2.75, 3.05) is 0 Å². The largest absolute Gasteiger partial charge is 0.461 e. The zero-order valence-electron chi connectivity index (χ0n) is 26.6. The van der Waals surface area contributed by atoms with Gasteiger partial charge in [-0.15, -0.1) is 0 Å². The first-order chi connectivity index (χ1) is 22.7. The number of hydrogen-bond donors (Lipinski definition) is 3. The minimum Gasteiger partial charge on any atom is -0.461 e. The molecule has 0 spiro atoms. The SMILES string of the molecule is CC(CCC(=O)OCc1ccccc1)NC(=O)CCC(N)C(=O)NC(CCC(=O)OCc1ccccc1)C(=O)OCc1ccccc1. The molecule has 0 saturated heterocycles. The maximum Gasteiger partial charge on any atom is 0.328 e. The molecule has 0 bridgehead atoms. The molecule has 11 nitrogen and oxygen atoms in total. The highest BCUT2D eigenvalue weighted by molar-refractivity contribution is 5.88. The molecule has 0 radical (unpaired) electrons. The molecular weight excluding hydrogens is 602 g/mol. The zero-order chi connectivity index (χ0) is 33.9. The van der Waals surface area contributed by atoms with Crippen molar-refractivity contribution in [1.29, 1.82) is 0 Å². The molecule has 3 atom stereocenters. The maximum atomic E-state index is 12.9. The second-order valence-corrected chi connectivity index (χ2v) is 11.1. The summed E-state index contributed by atoms with van der Waals surface area (Å²) in [7, 11) is 0. The predicted octanol–water partition coefficient (Wildman–Crippen LogP) is 3.87. The second-order valence-electron chi connectivity index (χ2n) is 11.1. The quantitative estimate of drug-likeness (QED) is 0.130. The molecule has 0 fully saturated rings. The molecule has 4 N–H and O–H groups in total. The summed E-state index contributed by atoms with van der Waals surface area (Å²) in [5.74, 6) is -2.62. The Labute approximate surface area is 275 Å². The number of nitrogens with one attached hydrogen (secondary N) is 2. The van der Waals surface area contributed by atoms with Crippen molar-refractivity contribution in [2.45, 2.75) is 83.4 Å². The van der Waals surface area contributed by atoms with E-state index < -0.39 is 29.9 Å². The van der Waals surface area contributed by atoms with Crippen molar-refractivity contribution in [3.8, 4) is 0 Å². The number of carbonyl (C=O) groups excluding carboxylic acids is 5. The highest BCUT2D eigenvalue weighted by Crippen LogP contribution is 2.10. The van der Waals surface area contributed by atoms with Gasteiger partial charge in [-0.2, -0.15) is 0 Å². The molecular formula is C36H43N3O8. The van der Waals surface area contributed by atoms with E-state index in [0.29, 0.717) is 6.42 Å². The Morgan fingerprint density at radius 2 is 1.04 bits per heavy atom. The first kappa shape index (κ1) is 36.4. The zero-order valence-corrected chi connectivity index (χ0v) is 26.6. The van der Waals surface area contributed by atoms with Crippen LogP contribution in [0.3, 0.4) is 0 Å². The van der Waals surface area contributed by atoms with Crippen LogP contribution >= 0.6 is 0 Å². The molecule has 3 aromatic carbocycles. The van der Waals surface area contributed by atoms with Gasteiger partial charge in [-0.05, 0) is 42.9 Å². The molecule has 250 valence electrons. The Morgan fingerprint density at radius 1 is 0.596 bits per heavy atom. The van der Waals surface area contributed by atoms with E-state index in [2.05, 4.69) is 10.6 Å². The van der Waals surface area contributed by atoms with Gasteiger partial charge in [0.15, 0.2) is 0 Å². The molecule has 0 aliphatic heterocycles. The van der Waals surface area contributed by atoms with Crippen LogP contribution < -0.4 is 16.4 Å². The van der Waals surface area contributed by atoms with Crippen LogP contribution in [-0.2, 0) is 58.0 Å². The van der Waals surface area contributed by atoms with Crippen LogP contribution in [-0.4, -0.2) is 47.8 Å². The highest BCUT2D eigenvalue weighted by atomic mass is 16.5. The van der Waals surface area contributed by atoms with Crippen LogP contribution in [0.15, 0.2) is 91.0 Å². The number of carbonyl (C=O) groups is 5. The summed E-state index contributed by atoms with van der Waals surface area (Å²) in [6.45, 7) is 2.02. The first-order valence-corrected chi connectivity index (χ1v) is 15.6. The third-order valence-corrected chi connectivity index (χ3v) is 7.16. The van der Waals surface area contributed by atoms with Gasteiger partial charge in [-0.1, -0.05) is 91.0 Å². The Hall–Kier alpha value is -5.03. The van der Waals surface area contributed by atoms with Gasteiger partial charge < -0.3 is 30.6 Å². The maximum absolute atomic E-state index is 12.9. The van der Waals surface area contributed by atoms with Crippen LogP contribution in [0.4, 0.5) is 0 Å². The summed E-state index contributed by atoms with van der Waals surface area (Å²) in [5.41, 5.74) is 8.53. The van der Waals surface area contributed by atoms with E-state index in [9.17, 15) is 24.0 Å². The monoisotopic (exact) mass is 645 g/mol. The molecule has 2 amide bonds. The fraction of sp³-hybridized carbons (Fsp3) is 0.361. The Bertz CT molecular complexity index is 1420. The van der Waals surface area contributed by atoms with Gasteiger partial charge in [0.25, 0.3) is 0 Å². The molecule has 0 aliphatic carbocycles. The summed E-state index contributed by atoms with van der Waals surface area (Å²) in [6, 6.07) is 25.0. The normalized spacial score (nSPS) is 12.6. The van der Waals surface area contributed by atoms with Crippen LogP contribution in [0.25, 0.3) is 0 Å². The number of nitrogens with two attached hydrogens (primary N) is 1. The molecule has 0 heterocycles. The van der Waals surface area contributed by atoms with Crippen LogP contribution in [0.1, 0.15) is 62.1 Å². The van der Waals surface area contributed by atoms with Crippen LogP contribution in [0.5, 0.6) is 0 Å². The lowest BCUT2D eigenvalue weighted by molar-refractivity contribution is -0.151. The number of esters is 3. The summed E-state index contributed by atoms with van der Waals surface area (Å²) >= 11 is 0. The van der Waals surface area contributed by atoms with Gasteiger partial charge in [0.2, 0.25) is 11.8 Å². The highest BCUT2D eigenvalue weighted by Gasteiger charge is 2.26. The van der Waals surface area contributed by atoms with Crippen LogP contribution in [0, 0.1) is 0 Å². The number of amides is 2. The van der Waals surface area contributed by atoms with Gasteiger partial charge >= 0.3 is 17.9 Å². The minimum absolute atomic E-state index is 0.00834. The summed E-state index contributed by atoms with van der Waals surface area (Å²) in [6.07, 6.45) is 0.268. The van der Waals surface area contributed by atoms with Crippen molar-refractivity contribution in [1.82, 2.24) is 10.6 Å². The predicted molar refractivity (Wildman–Crippen MR) is 174 cm³/mol. The standard InChI is InChI=1S/C36H43N3O8/c1-26(17-21-33(41)45-23-27-11-5-2-6-12-27)38-32(40)20-18-30(37)35(43)39-31(36(44)47-25-29-15-9-4-10-16-29)19-22-34(42)46-24-28-13-7-3-8-14-28/h2-16,26,30-31H,17-25,37H2,1H3,(H,38,40)(H,39,43). The van der Waals surface area contributed by atoms with Gasteiger partial charge in [-0.25, -0.2) is 4.79 Å². The van der Waals surface area contributed by atoms with Gasteiger partial charge in [0.1, 0.15) is 25.9 Å². The van der Waals surface area contributed by atoms with E-state index in [1.54, 1.807) is 19.1 Å². The van der Waals surface area contributed by atoms with Crippen molar-refractivity contribution < 1.29 is 38.2 Å². The first-order valence-electron chi connectivity index (χ1n) is 15.6. The Balaban J connectivity index is 1.42. The van der Waals surface area contributed by atoms with Crippen molar-refractivity contribution in [3.05, 3.63) is 108 Å². The van der Waals surface area contributed by atoms with Crippen LogP contribution in [0.2, 0.25) is 0 Å². The van der Waals surface area contributed by atoms with Gasteiger partial charge in [0.05, 0.1) is 6.04 Å². The fourth-order valence-corrected chi connectivity index (χ4v) is 4.41. The third kappa shape index (κ3) is 14.7. The van der Waals surface area contributed by atoms with Crippen molar-refractivity contribution in [3.63, 3.8) is 0 Å². The number of benzene rings is 3. The molecule has 11 heteroatoms. The smallest absolute Gasteiger partial charge is 0.328 e. The molecule has 3 rings (SSSR count). The Morgan fingerprint density at radius 3 is 1.53 bits per heavy atom. The van der Waals surface area contributed by atoms with Crippen molar-refractivity contribution >= 4 is 29.7 Å². The van der Waals surface area contributed by atoms with E-state index >= 15 is 0 Å². The van der Waals surface area contributed by atoms with E-state index in [4.69, 9.17) is 19.9 Å².